The Hall–Kier alpha value is -2.72. The summed E-state index contributed by atoms with van der Waals surface area (Å²) in [5.41, 5.74) is 0.368. The number of carbonyl (C=O) groups is 1. The number of hydrogen-bond acceptors (Lipinski definition) is 5. The molecule has 0 saturated carbocycles. The average Bonchev–Trinajstić information content (AvgIpc) is 3.33. The predicted molar refractivity (Wildman–Crippen MR) is 98.4 cm³/mol. The Balaban J connectivity index is 2.02. The third-order valence-corrected chi connectivity index (χ3v) is 4.67. The van der Waals surface area contributed by atoms with Crippen LogP contribution in [0.2, 0.25) is 0 Å². The number of carbonyl (C=O) groups excluding carboxylic acids is 1. The van der Waals surface area contributed by atoms with Crippen LogP contribution in [0.5, 0.6) is 0 Å². The van der Waals surface area contributed by atoms with Gasteiger partial charge in [-0.05, 0) is 29.6 Å². The summed E-state index contributed by atoms with van der Waals surface area (Å²) in [6.45, 7) is -0.686. The van der Waals surface area contributed by atoms with E-state index in [-0.39, 0.29) is 19.0 Å². The van der Waals surface area contributed by atoms with E-state index in [0.29, 0.717) is 16.4 Å². The monoisotopic (exact) mass is 410 g/mol. The first kappa shape index (κ1) is 20.0. The second kappa shape index (κ2) is 8.98. The molecule has 0 fully saturated rings. The van der Waals surface area contributed by atoms with Crippen molar-refractivity contribution in [3.05, 3.63) is 53.4 Å². The van der Waals surface area contributed by atoms with E-state index in [9.17, 15) is 18.0 Å². The average molecular weight is 410 g/mol. The minimum absolute atomic E-state index is 0.0253. The number of halogens is 3. The van der Waals surface area contributed by atoms with Gasteiger partial charge in [0.05, 0.1) is 23.7 Å². The van der Waals surface area contributed by atoms with Crippen molar-refractivity contribution in [1.29, 1.82) is 0 Å². The van der Waals surface area contributed by atoms with Gasteiger partial charge in [-0.1, -0.05) is 12.1 Å². The lowest BCUT2D eigenvalue weighted by Crippen LogP contribution is -2.38. The first-order chi connectivity index (χ1) is 13.5. The van der Waals surface area contributed by atoms with Gasteiger partial charge in [0.15, 0.2) is 5.82 Å². The van der Waals surface area contributed by atoms with E-state index >= 15 is 0 Å². The largest absolute Gasteiger partial charge is 0.383 e. The molecule has 6 nitrogen and oxygen atoms in total. The van der Waals surface area contributed by atoms with Gasteiger partial charge in [-0.25, -0.2) is 22.8 Å². The summed E-state index contributed by atoms with van der Waals surface area (Å²) in [5, 5.41) is 6.00. The van der Waals surface area contributed by atoms with Crippen molar-refractivity contribution in [2.45, 2.75) is 6.43 Å². The Kier molecular flexibility index (Phi) is 6.42. The lowest BCUT2D eigenvalue weighted by Gasteiger charge is -2.20. The molecule has 0 saturated heterocycles. The van der Waals surface area contributed by atoms with Crippen LogP contribution in [0, 0.1) is 5.82 Å². The number of amides is 1. The minimum Gasteiger partial charge on any atom is -0.383 e. The zero-order valence-electron chi connectivity index (χ0n) is 14.9. The van der Waals surface area contributed by atoms with Crippen LogP contribution >= 0.6 is 11.3 Å². The van der Waals surface area contributed by atoms with Gasteiger partial charge < -0.3 is 9.64 Å². The van der Waals surface area contributed by atoms with Gasteiger partial charge in [0, 0.05) is 13.7 Å². The zero-order chi connectivity index (χ0) is 20.1. The summed E-state index contributed by atoms with van der Waals surface area (Å²) in [5.74, 6) is -1.14. The molecular formula is C18H17F3N4O2S. The van der Waals surface area contributed by atoms with E-state index in [4.69, 9.17) is 4.74 Å². The molecular weight excluding hydrogens is 393 g/mol. The molecule has 1 amide bonds. The molecule has 10 heteroatoms. The molecule has 0 aliphatic carbocycles. The Bertz CT molecular complexity index is 931. The van der Waals surface area contributed by atoms with Crippen molar-refractivity contribution in [2.75, 3.05) is 26.8 Å². The molecule has 2 heterocycles. The number of aromatic nitrogens is 3. The van der Waals surface area contributed by atoms with E-state index in [1.807, 2.05) is 5.38 Å². The molecule has 0 unspecified atom stereocenters. The fraction of sp³-hybridized carbons (Fsp3) is 0.278. The molecule has 2 aromatic heterocycles. The summed E-state index contributed by atoms with van der Waals surface area (Å²) < 4.78 is 45.7. The van der Waals surface area contributed by atoms with Crippen LogP contribution in [0.25, 0.3) is 16.4 Å². The summed E-state index contributed by atoms with van der Waals surface area (Å²) in [6, 6.07) is 9.24. The maximum Gasteiger partial charge on any atom is 0.293 e. The third-order valence-electron chi connectivity index (χ3n) is 3.80. The molecule has 0 aliphatic heterocycles. The zero-order valence-corrected chi connectivity index (χ0v) is 15.7. The molecule has 3 aromatic rings. The number of thiophene rings is 1. The first-order valence-electron chi connectivity index (χ1n) is 8.33. The molecule has 148 valence electrons. The van der Waals surface area contributed by atoms with Gasteiger partial charge in [0.1, 0.15) is 5.82 Å². The number of ether oxygens (including phenoxy) is 1. The van der Waals surface area contributed by atoms with Crippen molar-refractivity contribution in [3.8, 4) is 16.4 Å². The van der Waals surface area contributed by atoms with E-state index in [2.05, 4.69) is 10.1 Å². The van der Waals surface area contributed by atoms with Gasteiger partial charge in [-0.15, -0.1) is 16.4 Å². The Morgan fingerprint density at radius 1 is 1.32 bits per heavy atom. The fourth-order valence-electron chi connectivity index (χ4n) is 2.54. The topological polar surface area (TPSA) is 60.2 Å². The van der Waals surface area contributed by atoms with Crippen molar-refractivity contribution < 1.29 is 22.7 Å². The maximum absolute atomic E-state index is 13.7. The normalized spacial score (nSPS) is 11.2. The lowest BCUT2D eigenvalue weighted by atomic mass is 10.3. The number of nitrogens with zero attached hydrogens (tertiary/aromatic N) is 4. The van der Waals surface area contributed by atoms with Crippen LogP contribution in [-0.2, 0) is 4.74 Å². The first-order valence-corrected chi connectivity index (χ1v) is 9.20. The van der Waals surface area contributed by atoms with Gasteiger partial charge in [-0.3, -0.25) is 4.79 Å². The number of alkyl halides is 2. The molecule has 0 N–H and O–H groups in total. The molecule has 0 radical (unpaired) electrons. The quantitative estimate of drug-likeness (QED) is 0.571. The summed E-state index contributed by atoms with van der Waals surface area (Å²) in [4.78, 5) is 18.6. The highest BCUT2D eigenvalue weighted by Crippen LogP contribution is 2.26. The second-order valence-corrected chi connectivity index (χ2v) is 6.71. The molecule has 28 heavy (non-hydrogen) atoms. The maximum atomic E-state index is 13.7. The number of methoxy groups -OCH3 is 1. The highest BCUT2D eigenvalue weighted by molar-refractivity contribution is 7.13. The van der Waals surface area contributed by atoms with Crippen LogP contribution < -0.4 is 0 Å². The summed E-state index contributed by atoms with van der Waals surface area (Å²) in [7, 11) is 1.41. The molecule has 3 rings (SSSR count). The minimum atomic E-state index is -2.71. The van der Waals surface area contributed by atoms with Crippen LogP contribution in [0.4, 0.5) is 13.2 Å². The van der Waals surface area contributed by atoms with Crippen molar-refractivity contribution in [1.82, 2.24) is 19.7 Å². The van der Waals surface area contributed by atoms with E-state index in [1.165, 1.54) is 41.3 Å². The molecule has 0 bridgehead atoms. The standard InChI is InChI=1S/C18H17F3N4O2S/c1-27-8-7-24(11-15(20)21)18(26)16-22-17(14-6-3-9-28-14)25(23-16)13-5-2-4-12(19)10-13/h2-6,9-10,15H,7-8,11H2,1H3. The Labute approximate surface area is 163 Å². The predicted octanol–water partition coefficient (Wildman–Crippen LogP) is 3.49. The summed E-state index contributed by atoms with van der Waals surface area (Å²) >= 11 is 1.37. The number of hydrogen-bond donors (Lipinski definition) is 0. The van der Waals surface area contributed by atoms with Crippen LogP contribution in [0.15, 0.2) is 41.8 Å². The summed E-state index contributed by atoms with van der Waals surface area (Å²) in [6.07, 6.45) is -2.71. The Morgan fingerprint density at radius 3 is 2.79 bits per heavy atom. The van der Waals surface area contributed by atoms with Gasteiger partial charge in [-0.2, -0.15) is 0 Å². The van der Waals surface area contributed by atoms with Gasteiger partial charge in [0.25, 0.3) is 12.3 Å². The Morgan fingerprint density at radius 2 is 2.14 bits per heavy atom. The van der Waals surface area contributed by atoms with Crippen molar-refractivity contribution in [3.63, 3.8) is 0 Å². The molecule has 0 aliphatic rings. The number of benzene rings is 1. The van der Waals surface area contributed by atoms with Crippen LogP contribution in [0.1, 0.15) is 10.6 Å². The lowest BCUT2D eigenvalue weighted by molar-refractivity contribution is 0.0468. The molecule has 0 atom stereocenters. The van der Waals surface area contributed by atoms with E-state index in [1.54, 1.807) is 18.2 Å². The molecule has 1 aromatic carbocycles. The fourth-order valence-corrected chi connectivity index (χ4v) is 3.24. The van der Waals surface area contributed by atoms with E-state index < -0.39 is 24.7 Å². The highest BCUT2D eigenvalue weighted by atomic mass is 32.1. The van der Waals surface area contributed by atoms with Crippen LogP contribution in [0.3, 0.4) is 0 Å². The highest BCUT2D eigenvalue weighted by Gasteiger charge is 2.25. The van der Waals surface area contributed by atoms with Crippen molar-refractivity contribution in [2.24, 2.45) is 0 Å². The number of rotatable bonds is 8. The van der Waals surface area contributed by atoms with E-state index in [0.717, 1.165) is 4.90 Å². The SMILES string of the molecule is COCCN(CC(F)F)C(=O)c1nc(-c2cccs2)n(-c2cccc(F)c2)n1. The third kappa shape index (κ3) is 4.57. The second-order valence-electron chi connectivity index (χ2n) is 5.76. The van der Waals surface area contributed by atoms with Gasteiger partial charge in [0.2, 0.25) is 5.82 Å². The van der Waals surface area contributed by atoms with Crippen LogP contribution in [-0.4, -0.2) is 58.8 Å². The smallest absolute Gasteiger partial charge is 0.293 e. The molecule has 0 spiro atoms. The van der Waals surface area contributed by atoms with Crippen molar-refractivity contribution >= 4 is 17.2 Å². The van der Waals surface area contributed by atoms with Gasteiger partial charge >= 0.3 is 0 Å².